The van der Waals surface area contributed by atoms with E-state index in [9.17, 15) is 32.4 Å². The van der Waals surface area contributed by atoms with Crippen LogP contribution in [0.2, 0.25) is 0 Å². The molecule has 5 amide bonds. The van der Waals surface area contributed by atoms with Crippen molar-refractivity contribution in [3.8, 4) is 11.6 Å². The van der Waals surface area contributed by atoms with E-state index in [1.807, 2.05) is 12.1 Å². The fraction of sp³-hybridized carbons (Fsp3) is 0.561. The molecule has 0 spiro atoms. The van der Waals surface area contributed by atoms with Gasteiger partial charge in [0.15, 0.2) is 0 Å². The van der Waals surface area contributed by atoms with Crippen molar-refractivity contribution in [1.29, 1.82) is 0 Å². The zero-order valence-corrected chi connectivity index (χ0v) is 35.3. The molecule has 6 rings (SSSR count). The van der Waals surface area contributed by atoms with Crippen LogP contribution in [0, 0.1) is 11.3 Å². The van der Waals surface area contributed by atoms with Crippen LogP contribution < -0.4 is 30.1 Å². The van der Waals surface area contributed by atoms with Gasteiger partial charge in [0.05, 0.1) is 32.1 Å². The van der Waals surface area contributed by atoms with E-state index in [-0.39, 0.29) is 38.5 Å². The van der Waals surface area contributed by atoms with E-state index in [1.165, 1.54) is 18.1 Å². The van der Waals surface area contributed by atoms with E-state index in [0.717, 1.165) is 5.39 Å². The molecule has 4 N–H and O–H groups in total. The zero-order chi connectivity index (χ0) is 43.1. The Morgan fingerprint density at radius 1 is 1.12 bits per heavy atom. The number of ether oxygens (including phenoxy) is 4. The SMILES string of the molecule is C=C[C@@H]1C[C@]1(NC(=O)[C@@H]1C[C@@H]2CN1C(=O)[C@H](C(C)(C)C)NC(=O)[C@@H](NC(=O)OC(C)(C)C)COC/C=C\c1cc3c(nccc3cc1OC)O2)C(=O)NS(=O)(=O)C1CC1. The highest BCUT2D eigenvalue weighted by Gasteiger charge is 2.62. The van der Waals surface area contributed by atoms with Crippen molar-refractivity contribution in [3.63, 3.8) is 0 Å². The Kier molecular flexibility index (Phi) is 12.1. The molecule has 320 valence electrons. The number of hydrogen-bond acceptors (Lipinski definition) is 12. The van der Waals surface area contributed by atoms with Gasteiger partial charge in [-0.25, -0.2) is 18.2 Å². The third-order valence-electron chi connectivity index (χ3n) is 10.7. The Balaban J connectivity index is 1.38. The van der Waals surface area contributed by atoms with Crippen LogP contribution in [0.15, 0.2) is 43.1 Å². The van der Waals surface area contributed by atoms with Crippen molar-refractivity contribution in [2.24, 2.45) is 11.3 Å². The second kappa shape index (κ2) is 16.4. The van der Waals surface area contributed by atoms with Gasteiger partial charge in [0, 0.05) is 29.5 Å². The van der Waals surface area contributed by atoms with Crippen LogP contribution >= 0.6 is 0 Å². The van der Waals surface area contributed by atoms with Crippen molar-refractivity contribution in [2.45, 2.75) is 108 Å². The minimum absolute atomic E-state index is 0.0321. The molecular weight excluding hydrogens is 785 g/mol. The number of carbonyl (C=O) groups is 5. The van der Waals surface area contributed by atoms with Crippen LogP contribution in [0.25, 0.3) is 16.8 Å². The van der Waals surface area contributed by atoms with Crippen LogP contribution in [0.1, 0.15) is 72.8 Å². The molecule has 4 aliphatic rings. The Morgan fingerprint density at radius 3 is 2.47 bits per heavy atom. The number of methoxy groups -OCH3 is 1. The minimum atomic E-state index is -3.95. The molecule has 1 aromatic carbocycles. The summed E-state index contributed by atoms with van der Waals surface area (Å²) >= 11 is 0. The number of alkyl carbamates (subject to hydrolysis) is 1. The first kappa shape index (κ1) is 43.4. The maximum Gasteiger partial charge on any atom is 0.408 e. The first-order valence-corrected chi connectivity index (χ1v) is 21.2. The lowest BCUT2D eigenvalue weighted by Gasteiger charge is -2.36. The van der Waals surface area contributed by atoms with E-state index in [4.69, 9.17) is 18.9 Å². The third-order valence-corrected chi connectivity index (χ3v) is 12.5. The van der Waals surface area contributed by atoms with E-state index in [2.05, 4.69) is 32.2 Å². The molecular formula is C41H54N6O11S. The average Bonchev–Trinajstić information content (AvgIpc) is 4.08. The molecule has 0 unspecified atom stereocenters. The van der Waals surface area contributed by atoms with Crippen LogP contribution in [0.4, 0.5) is 4.79 Å². The molecule has 0 radical (unpaired) electrons. The van der Waals surface area contributed by atoms with Crippen molar-refractivity contribution >= 4 is 56.6 Å². The lowest BCUT2D eigenvalue weighted by atomic mass is 9.85. The molecule has 2 aliphatic heterocycles. The van der Waals surface area contributed by atoms with Gasteiger partial charge in [-0.2, -0.15) is 0 Å². The molecule has 1 saturated heterocycles. The highest BCUT2D eigenvalue weighted by molar-refractivity contribution is 7.91. The van der Waals surface area contributed by atoms with Gasteiger partial charge >= 0.3 is 6.09 Å². The highest BCUT2D eigenvalue weighted by Crippen LogP contribution is 2.45. The van der Waals surface area contributed by atoms with E-state index >= 15 is 0 Å². The van der Waals surface area contributed by atoms with Gasteiger partial charge < -0.3 is 39.8 Å². The van der Waals surface area contributed by atoms with Gasteiger partial charge in [0.2, 0.25) is 33.6 Å². The summed E-state index contributed by atoms with van der Waals surface area (Å²) in [5, 5.41) is 8.84. The summed E-state index contributed by atoms with van der Waals surface area (Å²) in [6.07, 6.45) is 5.79. The Labute approximate surface area is 344 Å². The molecule has 4 bridgehead atoms. The summed E-state index contributed by atoms with van der Waals surface area (Å²) < 4.78 is 51.1. The Bertz CT molecular complexity index is 2160. The molecule has 3 heterocycles. The molecule has 1 aromatic heterocycles. The summed E-state index contributed by atoms with van der Waals surface area (Å²) in [5.74, 6) is -2.77. The third kappa shape index (κ3) is 9.81. The predicted octanol–water partition coefficient (Wildman–Crippen LogP) is 2.73. The minimum Gasteiger partial charge on any atom is -0.496 e. The Hall–Kier alpha value is -5.23. The van der Waals surface area contributed by atoms with Crippen molar-refractivity contribution < 1.29 is 51.3 Å². The summed E-state index contributed by atoms with van der Waals surface area (Å²) in [6, 6.07) is 1.65. The van der Waals surface area contributed by atoms with E-state index in [1.54, 1.807) is 66.0 Å². The van der Waals surface area contributed by atoms with Gasteiger partial charge in [-0.1, -0.05) is 39.0 Å². The molecule has 17 nitrogen and oxygen atoms in total. The largest absolute Gasteiger partial charge is 0.496 e. The second-order valence-electron chi connectivity index (χ2n) is 17.5. The van der Waals surface area contributed by atoms with Crippen LogP contribution in [0.3, 0.4) is 0 Å². The smallest absolute Gasteiger partial charge is 0.408 e. The summed E-state index contributed by atoms with van der Waals surface area (Å²) in [4.78, 5) is 75.7. The number of rotatable bonds is 8. The number of fused-ring (bicyclic) bond motifs is 3. The maximum atomic E-state index is 14.8. The van der Waals surface area contributed by atoms with Crippen LogP contribution in [0.5, 0.6) is 11.6 Å². The first-order valence-electron chi connectivity index (χ1n) is 19.6. The summed E-state index contributed by atoms with van der Waals surface area (Å²) in [5.41, 5.74) is -2.77. The number of aromatic nitrogens is 1. The summed E-state index contributed by atoms with van der Waals surface area (Å²) in [6.45, 7) is 13.6. The number of sulfonamides is 1. The zero-order valence-electron chi connectivity index (χ0n) is 34.5. The fourth-order valence-electron chi connectivity index (χ4n) is 7.26. The fourth-order valence-corrected chi connectivity index (χ4v) is 8.63. The van der Waals surface area contributed by atoms with Gasteiger partial charge in [-0.05, 0) is 69.0 Å². The number of benzene rings is 1. The molecule has 59 heavy (non-hydrogen) atoms. The van der Waals surface area contributed by atoms with Crippen LogP contribution in [-0.4, -0.2) is 116 Å². The quantitative estimate of drug-likeness (QED) is 0.282. The first-order chi connectivity index (χ1) is 27.7. The molecule has 2 aromatic rings. The molecule has 2 aliphatic carbocycles. The molecule has 6 atom stereocenters. The number of nitrogens with one attached hydrogen (secondary N) is 4. The van der Waals surface area contributed by atoms with Crippen molar-refractivity contribution in [2.75, 3.05) is 26.9 Å². The number of carbonyl (C=O) groups excluding carboxylic acids is 5. The highest BCUT2D eigenvalue weighted by atomic mass is 32.2. The Morgan fingerprint density at radius 2 is 1.85 bits per heavy atom. The van der Waals surface area contributed by atoms with Gasteiger partial charge in [-0.3, -0.25) is 23.9 Å². The summed E-state index contributed by atoms with van der Waals surface area (Å²) in [7, 11) is -2.41. The number of hydrogen-bond donors (Lipinski definition) is 4. The topological polar surface area (TPSA) is 221 Å². The normalized spacial score (nSPS) is 27.0. The van der Waals surface area contributed by atoms with E-state index < -0.39 is 91.7 Å². The molecule has 2 saturated carbocycles. The molecule has 3 fully saturated rings. The lowest BCUT2D eigenvalue weighted by molar-refractivity contribution is -0.145. The predicted molar refractivity (Wildman–Crippen MR) is 216 cm³/mol. The number of amides is 5. The van der Waals surface area contributed by atoms with Gasteiger partial charge in [0.25, 0.3) is 5.91 Å². The standard InChI is InChI=1S/C41H54N6O11S/c1-9-25-20-41(25,37(51)46-59(53,54)27-12-13-27)45-34(49)30-19-26-21-47(30)36(50)32(39(2,3)4)44-33(48)29(43-38(52)58-40(5,6)7)22-56-16-10-11-24-17-28-23(18-31(24)55-8)14-15-42-35(28)57-26/h9-11,14-15,17-18,25-27,29-30,32H,1,12-13,16,19-22H2,2-8H3,(H,43,52)(H,44,48)(H,45,49)(H,46,51)/b11-10-/t25-,26-,29+,30+,32-,41-/m1/s1. The van der Waals surface area contributed by atoms with Crippen molar-refractivity contribution in [1.82, 2.24) is 30.6 Å². The number of nitrogens with zero attached hydrogens (tertiary/aromatic N) is 2. The average molecular weight is 839 g/mol. The van der Waals surface area contributed by atoms with Gasteiger partial charge in [-0.15, -0.1) is 6.58 Å². The van der Waals surface area contributed by atoms with Crippen LogP contribution in [-0.2, 0) is 38.7 Å². The molecule has 18 heteroatoms. The maximum absolute atomic E-state index is 14.8. The monoisotopic (exact) mass is 838 g/mol. The second-order valence-corrected chi connectivity index (χ2v) is 19.5. The number of pyridine rings is 1. The van der Waals surface area contributed by atoms with Crippen molar-refractivity contribution in [3.05, 3.63) is 48.7 Å². The lowest BCUT2D eigenvalue weighted by Crippen LogP contribution is -2.62. The van der Waals surface area contributed by atoms with Gasteiger partial charge in [0.1, 0.15) is 41.1 Å². The van der Waals surface area contributed by atoms with E-state index in [0.29, 0.717) is 29.5 Å².